The summed E-state index contributed by atoms with van der Waals surface area (Å²) in [5, 5.41) is 8.65. The lowest BCUT2D eigenvalue weighted by Crippen LogP contribution is -2.25. The van der Waals surface area contributed by atoms with Gasteiger partial charge in [0.2, 0.25) is 0 Å². The molecule has 1 aromatic carbocycles. The smallest absolute Gasteiger partial charge is 0.289 e. The largest absolute Gasteiger partial charge is 0.456 e. The number of carbonyl (C=O) groups is 1. The molecule has 0 saturated heterocycles. The monoisotopic (exact) mass is 283 g/mol. The number of aliphatic hydroxyl groups is 1. The molecule has 1 amide bonds. The lowest BCUT2D eigenvalue weighted by Gasteiger charge is -2.15. The second-order valence-electron chi connectivity index (χ2n) is 4.73. The van der Waals surface area contributed by atoms with Crippen molar-refractivity contribution in [3.05, 3.63) is 59.0 Å². The highest BCUT2D eigenvalue weighted by Gasteiger charge is 2.15. The Bertz CT molecular complexity index is 674. The van der Waals surface area contributed by atoms with Crippen molar-refractivity contribution in [2.75, 3.05) is 13.7 Å². The molecular formula is C17H17NO3. The lowest BCUT2D eigenvalue weighted by molar-refractivity contribution is 0.0752. The minimum atomic E-state index is -0.151. The second kappa shape index (κ2) is 6.78. The van der Waals surface area contributed by atoms with Gasteiger partial charge in [-0.05, 0) is 36.8 Å². The first kappa shape index (κ1) is 14.9. The summed E-state index contributed by atoms with van der Waals surface area (Å²) in [6.45, 7) is 2.15. The number of nitrogens with zero attached hydrogens (tertiary/aromatic N) is 1. The predicted molar refractivity (Wildman–Crippen MR) is 79.6 cm³/mol. The molecule has 0 spiro atoms. The van der Waals surface area contributed by atoms with Crippen LogP contribution in [0.15, 0.2) is 40.8 Å². The average Bonchev–Trinajstić information content (AvgIpc) is 2.92. The number of amides is 1. The van der Waals surface area contributed by atoms with E-state index in [0.29, 0.717) is 12.3 Å². The van der Waals surface area contributed by atoms with Crippen molar-refractivity contribution in [1.82, 2.24) is 4.90 Å². The van der Waals surface area contributed by atoms with Crippen molar-refractivity contribution in [2.24, 2.45) is 0 Å². The van der Waals surface area contributed by atoms with E-state index in [4.69, 9.17) is 9.52 Å². The van der Waals surface area contributed by atoms with E-state index in [9.17, 15) is 4.79 Å². The fourth-order valence-corrected chi connectivity index (χ4v) is 1.92. The van der Waals surface area contributed by atoms with Crippen LogP contribution in [0.1, 0.15) is 27.4 Å². The molecule has 0 fully saturated rings. The van der Waals surface area contributed by atoms with Crippen molar-refractivity contribution < 1.29 is 14.3 Å². The lowest BCUT2D eigenvalue weighted by atomic mass is 10.1. The molecule has 1 aromatic heterocycles. The summed E-state index contributed by atoms with van der Waals surface area (Å²) in [7, 11) is 1.74. The van der Waals surface area contributed by atoms with Crippen LogP contribution in [-0.4, -0.2) is 29.6 Å². The van der Waals surface area contributed by atoms with Gasteiger partial charge in [-0.1, -0.05) is 24.0 Å². The van der Waals surface area contributed by atoms with Crippen molar-refractivity contribution in [3.63, 3.8) is 0 Å². The number of hydrogen-bond acceptors (Lipinski definition) is 3. The zero-order chi connectivity index (χ0) is 15.2. The van der Waals surface area contributed by atoms with E-state index in [1.807, 2.05) is 31.2 Å². The van der Waals surface area contributed by atoms with Gasteiger partial charge in [0.05, 0.1) is 0 Å². The summed E-state index contributed by atoms with van der Waals surface area (Å²) in [4.78, 5) is 13.8. The van der Waals surface area contributed by atoms with Crippen LogP contribution in [0, 0.1) is 18.8 Å². The predicted octanol–water partition coefficient (Wildman–Crippen LogP) is 2.20. The third kappa shape index (κ3) is 3.98. The summed E-state index contributed by atoms with van der Waals surface area (Å²) in [6, 6.07) is 11.0. The number of aryl methyl sites for hydroxylation is 1. The molecule has 0 aliphatic rings. The molecule has 21 heavy (non-hydrogen) atoms. The van der Waals surface area contributed by atoms with Crippen LogP contribution in [-0.2, 0) is 6.54 Å². The molecular weight excluding hydrogens is 266 g/mol. The Kier molecular flexibility index (Phi) is 4.81. The molecule has 108 valence electrons. The minimum Gasteiger partial charge on any atom is -0.456 e. The molecule has 2 rings (SSSR count). The van der Waals surface area contributed by atoms with E-state index in [1.54, 1.807) is 24.1 Å². The van der Waals surface area contributed by atoms with E-state index < -0.39 is 0 Å². The maximum atomic E-state index is 12.2. The van der Waals surface area contributed by atoms with Crippen molar-refractivity contribution in [3.8, 4) is 11.8 Å². The Balaban J connectivity index is 2.02. The van der Waals surface area contributed by atoms with Gasteiger partial charge < -0.3 is 14.4 Å². The third-order valence-corrected chi connectivity index (χ3v) is 2.98. The molecule has 0 atom stereocenters. The summed E-state index contributed by atoms with van der Waals surface area (Å²) in [5.41, 5.74) is 1.84. The first-order valence-corrected chi connectivity index (χ1v) is 6.60. The van der Waals surface area contributed by atoms with E-state index in [1.165, 1.54) is 0 Å². The summed E-state index contributed by atoms with van der Waals surface area (Å²) in [6.07, 6.45) is 0. The molecule has 1 N–H and O–H groups in total. The highest BCUT2D eigenvalue weighted by atomic mass is 16.3. The Morgan fingerprint density at radius 1 is 1.24 bits per heavy atom. The summed E-state index contributed by atoms with van der Waals surface area (Å²) >= 11 is 0. The number of aliphatic hydroxyl groups excluding tert-OH is 1. The molecule has 0 bridgehead atoms. The van der Waals surface area contributed by atoms with Gasteiger partial charge in [-0.15, -0.1) is 0 Å². The van der Waals surface area contributed by atoms with Crippen LogP contribution in [0.2, 0.25) is 0 Å². The minimum absolute atomic E-state index is 0.146. The van der Waals surface area contributed by atoms with Crippen molar-refractivity contribution in [1.29, 1.82) is 0 Å². The van der Waals surface area contributed by atoms with Gasteiger partial charge in [0.1, 0.15) is 12.4 Å². The fourth-order valence-electron chi connectivity index (χ4n) is 1.92. The van der Waals surface area contributed by atoms with Gasteiger partial charge in [0, 0.05) is 19.2 Å². The van der Waals surface area contributed by atoms with Crippen LogP contribution in [0.5, 0.6) is 0 Å². The second-order valence-corrected chi connectivity index (χ2v) is 4.73. The SMILES string of the molecule is Cc1ccc(C(=O)N(C)Cc2ccc(C#CCO)cc2)o1. The first-order valence-electron chi connectivity index (χ1n) is 6.60. The number of hydrogen-bond donors (Lipinski definition) is 1. The summed E-state index contributed by atoms with van der Waals surface area (Å²) in [5.74, 6) is 6.35. The zero-order valence-corrected chi connectivity index (χ0v) is 12.1. The van der Waals surface area contributed by atoms with Gasteiger partial charge in [0.15, 0.2) is 5.76 Å². The molecule has 0 aliphatic carbocycles. The molecule has 0 saturated carbocycles. The van der Waals surface area contributed by atoms with Gasteiger partial charge in [-0.2, -0.15) is 0 Å². The average molecular weight is 283 g/mol. The molecule has 0 radical (unpaired) electrons. The maximum Gasteiger partial charge on any atom is 0.289 e. The van der Waals surface area contributed by atoms with E-state index in [0.717, 1.165) is 16.9 Å². The summed E-state index contributed by atoms with van der Waals surface area (Å²) < 4.78 is 5.33. The number of rotatable bonds is 3. The molecule has 4 nitrogen and oxygen atoms in total. The topological polar surface area (TPSA) is 53.7 Å². The van der Waals surface area contributed by atoms with E-state index in [2.05, 4.69) is 11.8 Å². The molecule has 2 aromatic rings. The van der Waals surface area contributed by atoms with Crippen LogP contribution in [0.4, 0.5) is 0 Å². The number of carbonyl (C=O) groups excluding carboxylic acids is 1. The molecule has 1 heterocycles. The standard InChI is InChI=1S/C17H17NO3/c1-13-5-10-16(21-13)17(20)18(2)12-15-8-6-14(7-9-15)4-3-11-19/h5-10,19H,11-12H2,1-2H3. The van der Waals surface area contributed by atoms with E-state index >= 15 is 0 Å². The van der Waals surface area contributed by atoms with Crippen molar-refractivity contribution >= 4 is 5.91 Å². The fraction of sp³-hybridized carbons (Fsp3) is 0.235. The van der Waals surface area contributed by atoms with Gasteiger partial charge >= 0.3 is 0 Å². The Morgan fingerprint density at radius 2 is 1.95 bits per heavy atom. The zero-order valence-electron chi connectivity index (χ0n) is 12.1. The van der Waals surface area contributed by atoms with Crippen molar-refractivity contribution in [2.45, 2.75) is 13.5 Å². The Hall–Kier alpha value is -2.51. The van der Waals surface area contributed by atoms with Crippen LogP contribution >= 0.6 is 0 Å². The van der Waals surface area contributed by atoms with Gasteiger partial charge in [-0.3, -0.25) is 4.79 Å². The molecule has 0 aliphatic heterocycles. The first-order chi connectivity index (χ1) is 10.1. The highest BCUT2D eigenvalue weighted by molar-refractivity contribution is 5.91. The van der Waals surface area contributed by atoms with Crippen LogP contribution < -0.4 is 0 Å². The molecule has 4 heteroatoms. The quantitative estimate of drug-likeness (QED) is 0.879. The number of benzene rings is 1. The van der Waals surface area contributed by atoms with Crippen LogP contribution in [0.3, 0.4) is 0 Å². The molecule has 0 unspecified atom stereocenters. The van der Waals surface area contributed by atoms with E-state index in [-0.39, 0.29) is 12.5 Å². The maximum absolute atomic E-state index is 12.2. The Morgan fingerprint density at radius 3 is 2.52 bits per heavy atom. The van der Waals surface area contributed by atoms with Crippen LogP contribution in [0.25, 0.3) is 0 Å². The van der Waals surface area contributed by atoms with Gasteiger partial charge in [0.25, 0.3) is 5.91 Å². The highest BCUT2D eigenvalue weighted by Crippen LogP contribution is 2.12. The van der Waals surface area contributed by atoms with Gasteiger partial charge in [-0.25, -0.2) is 0 Å². The Labute approximate surface area is 124 Å². The third-order valence-electron chi connectivity index (χ3n) is 2.98. The number of furan rings is 1. The normalized spacial score (nSPS) is 9.86.